The lowest BCUT2D eigenvalue weighted by Gasteiger charge is -2.30. The fourth-order valence-electron chi connectivity index (χ4n) is 6.92. The van der Waals surface area contributed by atoms with Gasteiger partial charge in [-0.05, 0) is 57.5 Å². The summed E-state index contributed by atoms with van der Waals surface area (Å²) >= 11 is 0. The van der Waals surface area contributed by atoms with Gasteiger partial charge in [-0.15, -0.1) is 0 Å². The van der Waals surface area contributed by atoms with Crippen molar-refractivity contribution < 1.29 is 39.0 Å². The number of quaternary nitrogens is 2. The number of carboxylic acid groups (broad SMARTS) is 4. The molecule has 0 heterocycles. The molecule has 0 aliphatic heterocycles. The van der Waals surface area contributed by atoms with E-state index in [2.05, 4.69) is 55.9 Å². The SMILES string of the molecule is CCCCCCCCCC[N+](C)(C)CCCCCCCCCC.CCCCCCCCCC[N+](C)(C)CCCCCCCCCC.N.N.O=C(O)O.O=C([O-])[O-]. The Morgan fingerprint density at radius 2 is 0.446 bits per heavy atom. The lowest BCUT2D eigenvalue weighted by atomic mass is 10.1. The maximum atomic E-state index is 8.56. The molecule has 0 aromatic rings. The molecule has 0 spiro atoms. The van der Waals surface area contributed by atoms with Gasteiger partial charge >= 0.3 is 6.16 Å². The third-order valence-corrected chi connectivity index (χ3v) is 10.5. The first kappa shape index (κ1) is 66.2. The molecule has 0 aliphatic rings. The van der Waals surface area contributed by atoms with E-state index in [0.717, 1.165) is 0 Å². The maximum Gasteiger partial charge on any atom is 0.503 e. The van der Waals surface area contributed by atoms with Crippen LogP contribution in [0.15, 0.2) is 0 Å². The van der Waals surface area contributed by atoms with Crippen molar-refractivity contribution in [3.05, 3.63) is 0 Å². The molecule has 0 radical (unpaired) electrons. The monoisotopic (exact) mass is 809 g/mol. The number of hydrogen-bond donors (Lipinski definition) is 4. The fourth-order valence-corrected chi connectivity index (χ4v) is 6.92. The van der Waals surface area contributed by atoms with Crippen LogP contribution in [-0.2, 0) is 0 Å². The van der Waals surface area contributed by atoms with E-state index in [1.54, 1.807) is 0 Å². The molecule has 8 N–H and O–H groups in total. The van der Waals surface area contributed by atoms with E-state index in [1.165, 1.54) is 241 Å². The number of hydrogen-bond acceptors (Lipinski definition) is 6. The van der Waals surface area contributed by atoms with Crippen molar-refractivity contribution in [1.29, 1.82) is 0 Å². The van der Waals surface area contributed by atoms with Gasteiger partial charge in [0.15, 0.2) is 0 Å². The summed E-state index contributed by atoms with van der Waals surface area (Å²) in [6, 6.07) is 0. The van der Waals surface area contributed by atoms with Gasteiger partial charge in [0.25, 0.3) is 0 Å². The number of rotatable bonds is 36. The van der Waals surface area contributed by atoms with Crippen LogP contribution in [-0.4, -0.2) is 85.9 Å². The van der Waals surface area contributed by atoms with Crippen LogP contribution in [0.5, 0.6) is 0 Å². The van der Waals surface area contributed by atoms with E-state index < -0.39 is 12.3 Å². The quantitative estimate of drug-likeness (QED) is 0.0355. The number of carbonyl (C=O) groups excluding carboxylic acids is 1. The van der Waals surface area contributed by atoms with Crippen LogP contribution >= 0.6 is 0 Å². The zero-order chi connectivity index (χ0) is 41.6. The molecule has 10 heteroatoms. The summed E-state index contributed by atoms with van der Waals surface area (Å²) in [6.45, 7) is 14.7. The highest BCUT2D eigenvalue weighted by molar-refractivity contribution is 5.53. The van der Waals surface area contributed by atoms with Crippen LogP contribution in [0.25, 0.3) is 0 Å². The molecule has 0 saturated carbocycles. The van der Waals surface area contributed by atoms with Gasteiger partial charge in [-0.3, -0.25) is 0 Å². The number of carbonyl (C=O) groups is 2. The van der Waals surface area contributed by atoms with Crippen molar-refractivity contribution in [2.24, 2.45) is 0 Å². The molecule has 56 heavy (non-hydrogen) atoms. The van der Waals surface area contributed by atoms with E-state index >= 15 is 0 Å². The molecule has 0 saturated heterocycles. The lowest BCUT2D eigenvalue weighted by molar-refractivity contribution is -0.890. The molecular formula is C46H104N4O6. The average Bonchev–Trinajstić information content (AvgIpc) is 3.09. The highest BCUT2D eigenvalue weighted by Gasteiger charge is 2.14. The smallest absolute Gasteiger partial charge is 0.503 e. The second-order valence-corrected chi connectivity index (χ2v) is 17.2. The summed E-state index contributed by atoms with van der Waals surface area (Å²) in [6.07, 6.45) is 41.9. The van der Waals surface area contributed by atoms with Crippen LogP contribution < -0.4 is 22.5 Å². The topological polar surface area (TPSA) is 191 Å². The molecular weight excluding hydrogens is 705 g/mol. The van der Waals surface area contributed by atoms with Crippen molar-refractivity contribution in [3.63, 3.8) is 0 Å². The summed E-state index contributed by atoms with van der Waals surface area (Å²) in [4.78, 5) is 16.9. The third-order valence-electron chi connectivity index (χ3n) is 10.5. The molecule has 0 atom stereocenters. The number of unbranched alkanes of at least 4 members (excludes halogenated alkanes) is 28. The van der Waals surface area contributed by atoms with Gasteiger partial charge in [0.1, 0.15) is 0 Å². The van der Waals surface area contributed by atoms with Gasteiger partial charge in [0.05, 0.1) is 54.4 Å². The Kier molecular flexibility index (Phi) is 63.1. The van der Waals surface area contributed by atoms with Gasteiger partial charge in [-0.1, -0.05) is 182 Å². The fraction of sp³-hybridized carbons (Fsp3) is 0.957. The minimum absolute atomic E-state index is 0. The van der Waals surface area contributed by atoms with Crippen molar-refractivity contribution in [3.8, 4) is 0 Å². The Balaban J connectivity index is -0.000000181. The van der Waals surface area contributed by atoms with E-state index in [-0.39, 0.29) is 12.3 Å². The van der Waals surface area contributed by atoms with Gasteiger partial charge in [-0.25, -0.2) is 4.79 Å². The Bertz CT molecular complexity index is 628. The highest BCUT2D eigenvalue weighted by atomic mass is 16.6. The molecule has 344 valence electrons. The van der Waals surface area contributed by atoms with Crippen molar-refractivity contribution in [1.82, 2.24) is 12.3 Å². The Morgan fingerprint density at radius 3 is 0.571 bits per heavy atom. The first-order valence-corrected chi connectivity index (χ1v) is 23.1. The van der Waals surface area contributed by atoms with E-state index in [0.29, 0.717) is 0 Å². The minimum Gasteiger partial charge on any atom is -0.652 e. The standard InChI is InChI=1S/2C22H48N.2CH2O3.2H3N/c2*1-5-7-9-11-13-15-17-19-21-23(3,4)22-20-18-16-14-12-10-8-6-2;2*2-1(3)4;;/h2*5-22H2,1-4H3;2*(H2,2,3,4);2*1H3/q2*+1;;;;/p-2. The summed E-state index contributed by atoms with van der Waals surface area (Å²) < 4.78 is 2.48. The Labute approximate surface area is 350 Å². The zero-order valence-electron chi connectivity index (χ0n) is 39.3. The molecule has 0 fully saturated rings. The van der Waals surface area contributed by atoms with Gasteiger partial charge in [-0.2, -0.15) is 0 Å². The second-order valence-electron chi connectivity index (χ2n) is 17.2. The minimum atomic E-state index is -2.33. The third kappa shape index (κ3) is 77.0. The van der Waals surface area contributed by atoms with Crippen molar-refractivity contribution >= 4 is 12.3 Å². The van der Waals surface area contributed by atoms with Gasteiger partial charge < -0.3 is 46.5 Å². The summed E-state index contributed by atoms with van der Waals surface area (Å²) in [5.74, 6) is 0. The van der Waals surface area contributed by atoms with Gasteiger partial charge in [0, 0.05) is 0 Å². The average molecular weight is 809 g/mol. The second kappa shape index (κ2) is 53.4. The van der Waals surface area contributed by atoms with Crippen molar-refractivity contribution in [2.45, 2.75) is 233 Å². The molecule has 10 nitrogen and oxygen atoms in total. The van der Waals surface area contributed by atoms with Gasteiger partial charge in [0.2, 0.25) is 0 Å². The summed E-state index contributed by atoms with van der Waals surface area (Å²) in [5.41, 5.74) is 0. The normalized spacial score (nSPS) is 10.7. The molecule has 0 bridgehead atoms. The maximum absolute atomic E-state index is 8.56. The van der Waals surface area contributed by atoms with E-state index in [4.69, 9.17) is 30.0 Å². The van der Waals surface area contributed by atoms with E-state index in [1.807, 2.05) is 0 Å². The Hall–Kier alpha value is -1.62. The highest BCUT2D eigenvalue weighted by Crippen LogP contribution is 2.15. The molecule has 0 amide bonds. The molecule has 0 aliphatic carbocycles. The Morgan fingerprint density at radius 1 is 0.339 bits per heavy atom. The van der Waals surface area contributed by atoms with Crippen LogP contribution in [0.2, 0.25) is 0 Å². The largest absolute Gasteiger partial charge is 0.652 e. The predicted molar refractivity (Wildman–Crippen MR) is 240 cm³/mol. The van der Waals surface area contributed by atoms with E-state index in [9.17, 15) is 0 Å². The lowest BCUT2D eigenvalue weighted by Crippen LogP contribution is -2.41. The molecule has 0 aromatic carbocycles. The predicted octanol–water partition coefficient (Wildman–Crippen LogP) is 12.8. The van der Waals surface area contributed by atoms with Crippen LogP contribution in [0.1, 0.15) is 233 Å². The van der Waals surface area contributed by atoms with Crippen LogP contribution in [0.4, 0.5) is 9.59 Å². The zero-order valence-corrected chi connectivity index (χ0v) is 39.3. The molecule has 0 aromatic heterocycles. The first-order valence-electron chi connectivity index (χ1n) is 23.1. The molecule has 0 unspecified atom stereocenters. The number of nitrogens with zero attached hydrogens (tertiary/aromatic N) is 2. The summed E-state index contributed by atoms with van der Waals surface area (Å²) in [7, 11) is 9.73. The van der Waals surface area contributed by atoms with Crippen LogP contribution in [0, 0.1) is 0 Å². The molecule has 0 rings (SSSR count). The summed E-state index contributed by atoms with van der Waals surface area (Å²) in [5, 5.41) is 30.6. The van der Waals surface area contributed by atoms with Crippen molar-refractivity contribution in [2.75, 3.05) is 54.4 Å². The van der Waals surface area contributed by atoms with Crippen LogP contribution in [0.3, 0.4) is 0 Å². The first-order chi connectivity index (χ1) is 25.7.